The van der Waals surface area contributed by atoms with Crippen LogP contribution in [0.3, 0.4) is 0 Å². The van der Waals surface area contributed by atoms with E-state index in [1.807, 2.05) is 39.0 Å². The number of rotatable bonds is 4. The highest BCUT2D eigenvalue weighted by Crippen LogP contribution is 2.28. The van der Waals surface area contributed by atoms with Gasteiger partial charge in [0, 0.05) is 17.1 Å². The minimum absolute atomic E-state index is 0.0638. The Hall–Kier alpha value is -2.31. The van der Waals surface area contributed by atoms with E-state index in [1.54, 1.807) is 18.2 Å². The molecule has 0 bridgehead atoms. The molecule has 0 aromatic heterocycles. The predicted octanol–water partition coefficient (Wildman–Crippen LogP) is 4.51. The van der Waals surface area contributed by atoms with Crippen LogP contribution in [-0.2, 0) is 9.59 Å². The zero-order valence-corrected chi connectivity index (χ0v) is 16.9. The van der Waals surface area contributed by atoms with Crippen LogP contribution in [-0.4, -0.2) is 22.2 Å². The van der Waals surface area contributed by atoms with Crippen molar-refractivity contribution >= 4 is 51.7 Å². The van der Waals surface area contributed by atoms with Crippen LogP contribution in [0.1, 0.15) is 23.1 Å². The summed E-state index contributed by atoms with van der Waals surface area (Å²) in [6.45, 7) is 5.80. The van der Waals surface area contributed by atoms with Gasteiger partial charge >= 0.3 is 0 Å². The lowest BCUT2D eigenvalue weighted by Gasteiger charge is -2.10. The van der Waals surface area contributed by atoms with Crippen LogP contribution in [0.15, 0.2) is 41.4 Å². The quantitative estimate of drug-likeness (QED) is 0.791. The molecule has 1 fully saturated rings. The summed E-state index contributed by atoms with van der Waals surface area (Å²) in [5, 5.41) is 6.18. The first-order chi connectivity index (χ1) is 12.8. The van der Waals surface area contributed by atoms with E-state index < -0.39 is 5.25 Å². The topological polar surface area (TPSA) is 70.6 Å². The van der Waals surface area contributed by atoms with Crippen LogP contribution in [0, 0.1) is 20.8 Å². The molecule has 27 heavy (non-hydrogen) atoms. The van der Waals surface area contributed by atoms with Crippen LogP contribution in [0.2, 0.25) is 5.02 Å². The van der Waals surface area contributed by atoms with Crippen molar-refractivity contribution in [1.29, 1.82) is 0 Å². The molecule has 2 aromatic rings. The zero-order valence-electron chi connectivity index (χ0n) is 15.3. The summed E-state index contributed by atoms with van der Waals surface area (Å²) in [6, 6.07) is 11.3. The van der Waals surface area contributed by atoms with Gasteiger partial charge in [-0.25, -0.2) is 4.99 Å². The number of aliphatic imine (C=N–C) groups is 1. The Morgan fingerprint density at radius 1 is 1.26 bits per heavy atom. The first-order valence-corrected chi connectivity index (χ1v) is 9.77. The highest BCUT2D eigenvalue weighted by molar-refractivity contribution is 8.15. The summed E-state index contributed by atoms with van der Waals surface area (Å²) in [4.78, 5) is 29.1. The second-order valence-corrected chi connectivity index (χ2v) is 8.07. The number of anilines is 1. The fourth-order valence-electron chi connectivity index (χ4n) is 2.65. The van der Waals surface area contributed by atoms with Crippen LogP contribution in [0.4, 0.5) is 11.4 Å². The van der Waals surface area contributed by atoms with Crippen molar-refractivity contribution in [2.24, 2.45) is 4.99 Å². The van der Waals surface area contributed by atoms with Crippen molar-refractivity contribution in [3.8, 4) is 0 Å². The molecule has 1 aliphatic rings. The van der Waals surface area contributed by atoms with Crippen LogP contribution in [0.5, 0.6) is 0 Å². The summed E-state index contributed by atoms with van der Waals surface area (Å²) in [5.74, 6) is -0.442. The number of nitrogens with zero attached hydrogens (tertiary/aromatic N) is 1. The number of carbonyl (C=O) groups excluding carboxylic acids is 2. The molecule has 2 amide bonds. The van der Waals surface area contributed by atoms with Crippen molar-refractivity contribution < 1.29 is 9.59 Å². The van der Waals surface area contributed by atoms with E-state index in [0.717, 1.165) is 22.4 Å². The highest BCUT2D eigenvalue weighted by atomic mass is 35.5. The Balaban J connectivity index is 1.67. The second kappa shape index (κ2) is 8.15. The van der Waals surface area contributed by atoms with E-state index in [9.17, 15) is 9.59 Å². The van der Waals surface area contributed by atoms with Crippen LogP contribution < -0.4 is 10.6 Å². The van der Waals surface area contributed by atoms with Gasteiger partial charge in [-0.3, -0.25) is 9.59 Å². The average molecular weight is 402 g/mol. The third-order valence-electron chi connectivity index (χ3n) is 4.28. The number of benzene rings is 2. The lowest BCUT2D eigenvalue weighted by molar-refractivity contribution is -0.122. The standard InChI is InChI=1S/C20H20ClN3O2S/c1-11-7-8-12(2)16(9-11)23-20-24-19(26)17(27-20)10-18(25)22-15-6-4-5-14(21)13(15)3/h4-9,17H,10H2,1-3H3,(H,22,25)(H,23,24,26)/t17-/m0/s1. The van der Waals surface area contributed by atoms with Gasteiger partial charge < -0.3 is 10.6 Å². The molecule has 1 heterocycles. The van der Waals surface area contributed by atoms with Gasteiger partial charge in [0.25, 0.3) is 0 Å². The van der Waals surface area contributed by atoms with Gasteiger partial charge in [-0.15, -0.1) is 0 Å². The summed E-state index contributed by atoms with van der Waals surface area (Å²) in [5.41, 5.74) is 4.40. The van der Waals surface area contributed by atoms with Crippen molar-refractivity contribution in [2.45, 2.75) is 32.4 Å². The smallest absolute Gasteiger partial charge is 0.240 e. The first kappa shape index (κ1) is 19.5. The molecular weight excluding hydrogens is 382 g/mol. The van der Waals surface area contributed by atoms with Crippen LogP contribution in [0.25, 0.3) is 0 Å². The molecule has 1 aliphatic heterocycles. The average Bonchev–Trinajstić information content (AvgIpc) is 2.94. The molecule has 1 atom stereocenters. The van der Waals surface area contributed by atoms with E-state index in [0.29, 0.717) is 15.9 Å². The normalized spacial score (nSPS) is 17.9. The van der Waals surface area contributed by atoms with Crippen molar-refractivity contribution in [3.63, 3.8) is 0 Å². The molecule has 2 aromatic carbocycles. The number of carbonyl (C=O) groups is 2. The summed E-state index contributed by atoms with van der Waals surface area (Å²) < 4.78 is 0. The summed E-state index contributed by atoms with van der Waals surface area (Å²) >= 11 is 7.35. The Morgan fingerprint density at radius 2 is 2.04 bits per heavy atom. The van der Waals surface area contributed by atoms with Crippen molar-refractivity contribution in [2.75, 3.05) is 5.32 Å². The molecule has 2 N–H and O–H groups in total. The van der Waals surface area contributed by atoms with Gasteiger partial charge in [0.15, 0.2) is 5.17 Å². The second-order valence-electron chi connectivity index (χ2n) is 6.47. The number of amides is 2. The van der Waals surface area contributed by atoms with Gasteiger partial charge in [-0.1, -0.05) is 41.6 Å². The maximum atomic E-state index is 12.4. The third kappa shape index (κ3) is 4.70. The largest absolute Gasteiger partial charge is 0.326 e. The maximum Gasteiger partial charge on any atom is 0.240 e. The zero-order chi connectivity index (χ0) is 19.6. The number of aryl methyl sites for hydroxylation is 2. The maximum absolute atomic E-state index is 12.4. The number of hydrogen-bond acceptors (Lipinski definition) is 4. The third-order valence-corrected chi connectivity index (χ3v) is 5.77. The molecule has 3 rings (SSSR count). The first-order valence-electron chi connectivity index (χ1n) is 8.52. The number of thioether (sulfide) groups is 1. The van der Waals surface area contributed by atoms with Crippen molar-refractivity contribution in [3.05, 3.63) is 58.1 Å². The number of amidine groups is 1. The Kier molecular flexibility index (Phi) is 5.87. The van der Waals surface area contributed by atoms with Gasteiger partial charge in [0.1, 0.15) is 5.25 Å². The molecule has 1 saturated heterocycles. The molecule has 0 radical (unpaired) electrons. The SMILES string of the molecule is Cc1ccc(C)c(N=C2NC(=O)[C@H](CC(=O)Nc3cccc(Cl)c3C)S2)c1. The molecule has 0 aliphatic carbocycles. The highest BCUT2D eigenvalue weighted by Gasteiger charge is 2.32. The Bertz CT molecular complexity index is 943. The van der Waals surface area contributed by atoms with E-state index in [-0.39, 0.29) is 18.2 Å². The van der Waals surface area contributed by atoms with Gasteiger partial charge in [-0.05, 0) is 55.7 Å². The molecule has 0 saturated carbocycles. The van der Waals surface area contributed by atoms with Crippen molar-refractivity contribution in [1.82, 2.24) is 5.32 Å². The van der Waals surface area contributed by atoms with Gasteiger partial charge in [0.2, 0.25) is 11.8 Å². The van der Waals surface area contributed by atoms with Gasteiger partial charge in [0.05, 0.1) is 5.69 Å². The molecule has 5 nitrogen and oxygen atoms in total. The number of hydrogen-bond donors (Lipinski definition) is 2. The van der Waals surface area contributed by atoms with E-state index >= 15 is 0 Å². The molecule has 7 heteroatoms. The fraction of sp³-hybridized carbons (Fsp3) is 0.250. The monoisotopic (exact) mass is 401 g/mol. The molecule has 0 spiro atoms. The Labute approximate surface area is 167 Å². The minimum atomic E-state index is -0.506. The molecule has 0 unspecified atom stereocenters. The predicted molar refractivity (Wildman–Crippen MR) is 112 cm³/mol. The van der Waals surface area contributed by atoms with E-state index in [2.05, 4.69) is 15.6 Å². The van der Waals surface area contributed by atoms with E-state index in [1.165, 1.54) is 11.8 Å². The fourth-order valence-corrected chi connectivity index (χ4v) is 3.81. The molecular formula is C20H20ClN3O2S. The van der Waals surface area contributed by atoms with Gasteiger partial charge in [-0.2, -0.15) is 0 Å². The molecule has 140 valence electrons. The lowest BCUT2D eigenvalue weighted by Crippen LogP contribution is -2.28. The number of halogens is 1. The summed E-state index contributed by atoms with van der Waals surface area (Å²) in [7, 11) is 0. The lowest BCUT2D eigenvalue weighted by atomic mass is 10.1. The van der Waals surface area contributed by atoms with Crippen LogP contribution >= 0.6 is 23.4 Å². The van der Waals surface area contributed by atoms with E-state index in [4.69, 9.17) is 11.6 Å². The minimum Gasteiger partial charge on any atom is -0.326 e. The summed E-state index contributed by atoms with van der Waals surface area (Å²) in [6.07, 6.45) is 0.0638. The Morgan fingerprint density at radius 3 is 2.81 bits per heavy atom. The number of nitrogens with one attached hydrogen (secondary N) is 2.